The van der Waals surface area contributed by atoms with Gasteiger partial charge in [-0.2, -0.15) is 5.26 Å². The van der Waals surface area contributed by atoms with Gasteiger partial charge in [-0.1, -0.05) is 24.3 Å². The molecule has 2 atom stereocenters. The maximum atomic E-state index is 12.0. The van der Waals surface area contributed by atoms with E-state index in [9.17, 15) is 14.9 Å². The zero-order chi connectivity index (χ0) is 20.0. The van der Waals surface area contributed by atoms with Crippen molar-refractivity contribution in [2.45, 2.75) is 24.9 Å². The molecule has 1 fully saturated rings. The minimum absolute atomic E-state index is 0.153. The highest BCUT2D eigenvalue weighted by Gasteiger charge is 2.42. The molecule has 3 aromatic rings. The molecule has 2 aliphatic rings. The Morgan fingerprint density at radius 3 is 2.76 bits per heavy atom. The maximum Gasteiger partial charge on any atom is 0.414 e. The van der Waals surface area contributed by atoms with E-state index in [2.05, 4.69) is 16.4 Å². The summed E-state index contributed by atoms with van der Waals surface area (Å²) in [5.74, 6) is 0.513. The van der Waals surface area contributed by atoms with E-state index in [1.54, 1.807) is 0 Å². The molecule has 1 aliphatic carbocycles. The smallest absolute Gasteiger partial charge is 0.414 e. The predicted molar refractivity (Wildman–Crippen MR) is 102 cm³/mol. The van der Waals surface area contributed by atoms with Gasteiger partial charge in [0.2, 0.25) is 5.88 Å². The Bertz CT molecular complexity index is 1210. The first-order chi connectivity index (χ1) is 14.1. The fourth-order valence-electron chi connectivity index (χ4n) is 4.09. The van der Waals surface area contributed by atoms with E-state index in [-0.39, 0.29) is 11.8 Å². The number of ether oxygens (including phenoxy) is 2. The molecule has 1 N–H and O–H groups in total. The standard InChI is InChI=1S/C22H15N3O4/c23-10-13-11-24-21(18-4-2-1-3-15(13)18)28-14-6-8-16-12(9-14)5-7-17(16)19-20(26)25-22(27)29-19/h1-4,6,8-9,11,17,19H,5,7H2,(H,25,26,27)/t17-,19?/m1/s1. The molecule has 5 rings (SSSR count). The molecule has 1 saturated heterocycles. The lowest BCUT2D eigenvalue weighted by Crippen LogP contribution is -2.28. The third-order valence-electron chi connectivity index (χ3n) is 5.42. The van der Waals surface area contributed by atoms with Crippen LogP contribution in [-0.4, -0.2) is 23.1 Å². The number of nitrogens with zero attached hydrogens (tertiary/aromatic N) is 2. The number of benzene rings is 2. The van der Waals surface area contributed by atoms with Crippen molar-refractivity contribution in [3.8, 4) is 17.7 Å². The number of cyclic esters (lactones) is 1. The number of carbonyl (C=O) groups excluding carboxylic acids is 2. The van der Waals surface area contributed by atoms with Gasteiger partial charge in [-0.3, -0.25) is 10.1 Å². The minimum atomic E-state index is -0.778. The highest BCUT2D eigenvalue weighted by Crippen LogP contribution is 2.40. The van der Waals surface area contributed by atoms with Crippen molar-refractivity contribution in [3.05, 3.63) is 65.4 Å². The molecule has 29 heavy (non-hydrogen) atoms. The Labute approximate surface area is 165 Å². The van der Waals surface area contributed by atoms with Gasteiger partial charge in [-0.15, -0.1) is 0 Å². The lowest BCUT2D eigenvalue weighted by Gasteiger charge is -2.16. The first kappa shape index (κ1) is 17.2. The number of fused-ring (bicyclic) bond motifs is 2. The number of aromatic nitrogens is 1. The summed E-state index contributed by atoms with van der Waals surface area (Å²) in [4.78, 5) is 27.6. The average Bonchev–Trinajstić information content (AvgIpc) is 3.29. The van der Waals surface area contributed by atoms with Crippen molar-refractivity contribution in [2.24, 2.45) is 0 Å². The summed E-state index contributed by atoms with van der Waals surface area (Å²) in [6.45, 7) is 0. The Kier molecular flexibility index (Phi) is 3.91. The van der Waals surface area contributed by atoms with Gasteiger partial charge >= 0.3 is 6.09 Å². The monoisotopic (exact) mass is 385 g/mol. The van der Waals surface area contributed by atoms with E-state index in [0.29, 0.717) is 17.2 Å². The molecule has 0 bridgehead atoms. The molecule has 1 unspecified atom stereocenters. The molecule has 7 nitrogen and oxygen atoms in total. The topological polar surface area (TPSA) is 101 Å². The van der Waals surface area contributed by atoms with E-state index < -0.39 is 12.2 Å². The van der Waals surface area contributed by atoms with Crippen LogP contribution in [-0.2, 0) is 16.0 Å². The van der Waals surface area contributed by atoms with Crippen LogP contribution >= 0.6 is 0 Å². The Balaban J connectivity index is 1.45. The van der Waals surface area contributed by atoms with E-state index in [1.807, 2.05) is 42.5 Å². The van der Waals surface area contributed by atoms with Crippen LogP contribution in [0.15, 0.2) is 48.7 Å². The van der Waals surface area contributed by atoms with Gasteiger partial charge in [-0.25, -0.2) is 9.78 Å². The number of pyridine rings is 1. The quantitative estimate of drug-likeness (QED) is 0.740. The molecular formula is C22H15N3O4. The lowest BCUT2D eigenvalue weighted by molar-refractivity contribution is -0.124. The summed E-state index contributed by atoms with van der Waals surface area (Å²) in [7, 11) is 0. The van der Waals surface area contributed by atoms with Crippen LogP contribution in [0.3, 0.4) is 0 Å². The van der Waals surface area contributed by atoms with Crippen molar-refractivity contribution in [2.75, 3.05) is 0 Å². The summed E-state index contributed by atoms with van der Waals surface area (Å²) in [5.41, 5.74) is 2.54. The number of nitrogens with one attached hydrogen (secondary N) is 1. The van der Waals surface area contributed by atoms with Crippen LogP contribution in [0.1, 0.15) is 29.0 Å². The largest absolute Gasteiger partial charge is 0.438 e. The summed E-state index contributed by atoms with van der Waals surface area (Å²) >= 11 is 0. The first-order valence-corrected chi connectivity index (χ1v) is 9.24. The summed E-state index contributed by atoms with van der Waals surface area (Å²) in [6, 6.07) is 15.3. The van der Waals surface area contributed by atoms with Crippen molar-refractivity contribution < 1.29 is 19.1 Å². The molecular weight excluding hydrogens is 370 g/mol. The second-order valence-corrected chi connectivity index (χ2v) is 7.06. The van der Waals surface area contributed by atoms with Gasteiger partial charge in [0.15, 0.2) is 6.10 Å². The molecule has 2 amide bonds. The number of aryl methyl sites for hydroxylation is 1. The number of rotatable bonds is 3. The van der Waals surface area contributed by atoms with Gasteiger partial charge < -0.3 is 9.47 Å². The third kappa shape index (κ3) is 2.86. The Morgan fingerprint density at radius 1 is 1.17 bits per heavy atom. The summed E-state index contributed by atoms with van der Waals surface area (Å²) in [6.07, 6.45) is 1.53. The SMILES string of the molecule is N#Cc1cnc(Oc2ccc3c(c2)CC[C@H]3C2OC(=O)NC2=O)c2ccccc12. The van der Waals surface area contributed by atoms with Gasteiger partial charge in [0.1, 0.15) is 11.8 Å². The van der Waals surface area contributed by atoms with Crippen LogP contribution < -0.4 is 10.1 Å². The number of nitriles is 1. The molecule has 2 aromatic carbocycles. The van der Waals surface area contributed by atoms with E-state index in [0.717, 1.165) is 34.7 Å². The molecule has 2 heterocycles. The van der Waals surface area contributed by atoms with Crippen LogP contribution in [0, 0.1) is 11.3 Å². The number of amides is 2. The minimum Gasteiger partial charge on any atom is -0.438 e. The number of hydrogen-bond acceptors (Lipinski definition) is 6. The second kappa shape index (κ2) is 6.60. The fraction of sp³-hybridized carbons (Fsp3) is 0.182. The molecule has 0 saturated carbocycles. The second-order valence-electron chi connectivity index (χ2n) is 7.06. The van der Waals surface area contributed by atoms with E-state index in [1.165, 1.54) is 6.20 Å². The maximum absolute atomic E-state index is 12.0. The van der Waals surface area contributed by atoms with E-state index in [4.69, 9.17) is 9.47 Å². The number of alkyl carbamates (subject to hydrolysis) is 1. The fourth-order valence-corrected chi connectivity index (χ4v) is 4.09. The Morgan fingerprint density at radius 2 is 2.00 bits per heavy atom. The highest BCUT2D eigenvalue weighted by molar-refractivity contribution is 6.00. The molecule has 1 aromatic heterocycles. The molecule has 1 aliphatic heterocycles. The number of hydrogen-bond donors (Lipinski definition) is 1. The third-order valence-corrected chi connectivity index (χ3v) is 5.42. The van der Waals surface area contributed by atoms with Crippen molar-refractivity contribution in [1.29, 1.82) is 5.26 Å². The number of carbonyl (C=O) groups is 2. The Hall–Kier alpha value is -3.92. The van der Waals surface area contributed by atoms with Gasteiger partial charge in [-0.05, 0) is 42.2 Å². The van der Waals surface area contributed by atoms with Crippen molar-refractivity contribution >= 4 is 22.8 Å². The molecule has 142 valence electrons. The van der Waals surface area contributed by atoms with Gasteiger partial charge in [0.05, 0.1) is 5.56 Å². The normalized spacial score (nSPS) is 20.1. The number of imide groups is 1. The summed E-state index contributed by atoms with van der Waals surface area (Å²) in [5, 5.41) is 13.0. The van der Waals surface area contributed by atoms with Gasteiger partial charge in [0, 0.05) is 22.9 Å². The molecule has 0 radical (unpaired) electrons. The summed E-state index contributed by atoms with van der Waals surface area (Å²) < 4.78 is 11.2. The van der Waals surface area contributed by atoms with Crippen LogP contribution in [0.5, 0.6) is 11.6 Å². The lowest BCUT2D eigenvalue weighted by atomic mass is 9.95. The van der Waals surface area contributed by atoms with E-state index >= 15 is 0 Å². The average molecular weight is 385 g/mol. The van der Waals surface area contributed by atoms with Gasteiger partial charge in [0.25, 0.3) is 5.91 Å². The van der Waals surface area contributed by atoms with Crippen LogP contribution in [0.25, 0.3) is 10.8 Å². The molecule has 7 heteroatoms. The molecule has 0 spiro atoms. The predicted octanol–water partition coefficient (Wildman–Crippen LogP) is 3.56. The van der Waals surface area contributed by atoms with Crippen LogP contribution in [0.4, 0.5) is 4.79 Å². The highest BCUT2D eigenvalue weighted by atomic mass is 16.6. The van der Waals surface area contributed by atoms with Crippen molar-refractivity contribution in [3.63, 3.8) is 0 Å². The zero-order valence-corrected chi connectivity index (χ0v) is 15.2. The van der Waals surface area contributed by atoms with Crippen molar-refractivity contribution in [1.82, 2.24) is 10.3 Å². The zero-order valence-electron chi connectivity index (χ0n) is 15.2. The first-order valence-electron chi connectivity index (χ1n) is 9.24. The van der Waals surface area contributed by atoms with Crippen LogP contribution in [0.2, 0.25) is 0 Å².